The van der Waals surface area contributed by atoms with E-state index >= 15 is 0 Å². The fourth-order valence-electron chi connectivity index (χ4n) is 3.65. The Hall–Kier alpha value is -1.43. The van der Waals surface area contributed by atoms with Crippen molar-refractivity contribution in [3.8, 4) is 0 Å². The second kappa shape index (κ2) is 9.32. The molecule has 0 bridgehead atoms. The number of carbonyl (C=O) groups excluding carboxylic acids is 1. The highest BCUT2D eigenvalue weighted by Gasteiger charge is 2.33. The van der Waals surface area contributed by atoms with Crippen molar-refractivity contribution in [1.82, 2.24) is 14.7 Å². The third kappa shape index (κ3) is 5.03. The molecule has 5 heteroatoms. The van der Waals surface area contributed by atoms with Gasteiger partial charge in [-0.25, -0.2) is 0 Å². The molecule has 0 saturated carbocycles. The maximum Gasteiger partial charge on any atom is 0.244 e. The van der Waals surface area contributed by atoms with Gasteiger partial charge in [-0.1, -0.05) is 24.3 Å². The summed E-state index contributed by atoms with van der Waals surface area (Å²) in [6.45, 7) is 5.39. The van der Waals surface area contributed by atoms with Crippen LogP contribution in [0.2, 0.25) is 0 Å². The Morgan fingerprint density at radius 3 is 2.48 bits per heavy atom. The molecular weight excluding hydrogens is 314 g/mol. The average molecular weight is 348 g/mol. The van der Waals surface area contributed by atoms with E-state index in [0.717, 1.165) is 37.1 Å². The lowest BCUT2D eigenvalue weighted by Gasteiger charge is -2.40. The van der Waals surface area contributed by atoms with Gasteiger partial charge in [0.15, 0.2) is 0 Å². The van der Waals surface area contributed by atoms with Crippen LogP contribution >= 0.6 is 0 Å². The van der Waals surface area contributed by atoms with Crippen molar-refractivity contribution >= 4 is 5.91 Å². The van der Waals surface area contributed by atoms with Crippen molar-refractivity contribution in [3.63, 3.8) is 0 Å². The minimum Gasteiger partial charge on any atom is -0.383 e. The summed E-state index contributed by atoms with van der Waals surface area (Å²) in [5, 5.41) is 0. The molecule has 1 atom stereocenters. The lowest BCUT2D eigenvalue weighted by molar-refractivity contribution is -0.140. The molecule has 1 aliphatic rings. The van der Waals surface area contributed by atoms with Gasteiger partial charge in [0, 0.05) is 19.7 Å². The summed E-state index contributed by atoms with van der Waals surface area (Å²) in [4.78, 5) is 20.0. The minimum absolute atomic E-state index is 0.186. The van der Waals surface area contributed by atoms with Gasteiger partial charge >= 0.3 is 0 Å². The van der Waals surface area contributed by atoms with E-state index in [-0.39, 0.29) is 11.9 Å². The normalized spacial score (nSPS) is 17.7. The molecule has 1 fully saturated rings. The maximum absolute atomic E-state index is 13.5. The number of hydrogen-bond acceptors (Lipinski definition) is 4. The number of piperidine rings is 1. The Morgan fingerprint density at radius 1 is 1.28 bits per heavy atom. The van der Waals surface area contributed by atoms with E-state index in [9.17, 15) is 4.79 Å². The van der Waals surface area contributed by atoms with Crippen LogP contribution in [0.25, 0.3) is 0 Å². The smallest absolute Gasteiger partial charge is 0.244 e. The summed E-state index contributed by atoms with van der Waals surface area (Å²) in [6, 6.07) is 8.23. The third-order valence-electron chi connectivity index (χ3n) is 5.18. The predicted molar refractivity (Wildman–Crippen MR) is 102 cm³/mol. The van der Waals surface area contributed by atoms with Crippen LogP contribution in [-0.2, 0) is 9.53 Å². The standard InChI is InChI=1S/C20H33N3O2/c1-16-8-6-7-9-18(16)19(21(2)3)20(24)23(14-15-25-5)17-10-12-22(4)13-11-17/h6-9,17,19H,10-15H2,1-5H3. The van der Waals surface area contributed by atoms with Gasteiger partial charge in [0.2, 0.25) is 5.91 Å². The van der Waals surface area contributed by atoms with Crippen molar-refractivity contribution in [2.45, 2.75) is 31.8 Å². The zero-order chi connectivity index (χ0) is 18.4. The number of ether oxygens (including phenoxy) is 1. The first kappa shape index (κ1) is 19.9. The van der Waals surface area contributed by atoms with Crippen LogP contribution in [0.1, 0.15) is 30.0 Å². The quantitative estimate of drug-likeness (QED) is 0.757. The number of benzene rings is 1. The highest BCUT2D eigenvalue weighted by molar-refractivity contribution is 5.84. The molecule has 140 valence electrons. The molecule has 0 aromatic heterocycles. The monoisotopic (exact) mass is 347 g/mol. The highest BCUT2D eigenvalue weighted by atomic mass is 16.5. The van der Waals surface area contributed by atoms with Gasteiger partial charge < -0.3 is 14.5 Å². The zero-order valence-electron chi connectivity index (χ0n) is 16.4. The molecule has 1 amide bonds. The van der Waals surface area contributed by atoms with Crippen LogP contribution in [0.5, 0.6) is 0 Å². The van der Waals surface area contributed by atoms with Crippen molar-refractivity contribution in [3.05, 3.63) is 35.4 Å². The van der Waals surface area contributed by atoms with Gasteiger partial charge in [-0.2, -0.15) is 0 Å². The van der Waals surface area contributed by atoms with E-state index in [0.29, 0.717) is 19.2 Å². The first-order valence-electron chi connectivity index (χ1n) is 9.15. The minimum atomic E-state index is -0.252. The maximum atomic E-state index is 13.5. The first-order chi connectivity index (χ1) is 12.0. The molecule has 25 heavy (non-hydrogen) atoms. The van der Waals surface area contributed by atoms with E-state index in [1.807, 2.05) is 31.1 Å². The van der Waals surface area contributed by atoms with Crippen LogP contribution in [0.3, 0.4) is 0 Å². The topological polar surface area (TPSA) is 36.0 Å². The number of likely N-dealkylation sites (N-methyl/N-ethyl adjacent to an activating group) is 1. The molecule has 2 rings (SSSR count). The largest absolute Gasteiger partial charge is 0.383 e. The fraction of sp³-hybridized carbons (Fsp3) is 0.650. The number of rotatable bonds is 7. The third-order valence-corrected chi connectivity index (χ3v) is 5.18. The van der Waals surface area contributed by atoms with Gasteiger partial charge in [0.05, 0.1) is 6.61 Å². The lowest BCUT2D eigenvalue weighted by Crippen LogP contribution is -2.51. The van der Waals surface area contributed by atoms with Crippen LogP contribution in [-0.4, -0.2) is 81.1 Å². The Balaban J connectivity index is 2.26. The number of likely N-dealkylation sites (tertiary alicyclic amines) is 1. The lowest BCUT2D eigenvalue weighted by atomic mass is 9.97. The molecule has 0 aliphatic carbocycles. The molecule has 1 saturated heterocycles. The molecule has 1 aromatic rings. The number of hydrogen-bond donors (Lipinski definition) is 0. The molecule has 1 aliphatic heterocycles. The highest BCUT2D eigenvalue weighted by Crippen LogP contribution is 2.27. The van der Waals surface area contributed by atoms with Crippen molar-refractivity contribution < 1.29 is 9.53 Å². The van der Waals surface area contributed by atoms with Crippen LogP contribution in [0.4, 0.5) is 0 Å². The molecule has 0 spiro atoms. The number of amides is 1. The van der Waals surface area contributed by atoms with Crippen LogP contribution in [0.15, 0.2) is 24.3 Å². The summed E-state index contributed by atoms with van der Waals surface area (Å²) < 4.78 is 5.29. The summed E-state index contributed by atoms with van der Waals surface area (Å²) >= 11 is 0. The van der Waals surface area contributed by atoms with E-state index in [1.54, 1.807) is 7.11 Å². The summed E-state index contributed by atoms with van der Waals surface area (Å²) in [6.07, 6.45) is 2.06. The zero-order valence-corrected chi connectivity index (χ0v) is 16.4. The first-order valence-corrected chi connectivity index (χ1v) is 9.15. The second-order valence-electron chi connectivity index (χ2n) is 7.28. The Morgan fingerprint density at radius 2 is 1.92 bits per heavy atom. The van der Waals surface area contributed by atoms with Crippen LogP contribution in [0, 0.1) is 6.92 Å². The number of aryl methyl sites for hydroxylation is 1. The summed E-state index contributed by atoms with van der Waals surface area (Å²) in [7, 11) is 7.81. The van der Waals surface area contributed by atoms with Gasteiger partial charge in [0.1, 0.15) is 6.04 Å². The van der Waals surface area contributed by atoms with Gasteiger partial charge in [0.25, 0.3) is 0 Å². The van der Waals surface area contributed by atoms with E-state index in [1.165, 1.54) is 0 Å². The molecule has 0 N–H and O–H groups in total. The molecule has 0 radical (unpaired) electrons. The van der Waals surface area contributed by atoms with E-state index in [4.69, 9.17) is 4.74 Å². The summed E-state index contributed by atoms with van der Waals surface area (Å²) in [5.74, 6) is 0.186. The van der Waals surface area contributed by atoms with Gasteiger partial charge in [-0.3, -0.25) is 9.69 Å². The number of carbonyl (C=O) groups is 1. The number of nitrogens with zero attached hydrogens (tertiary/aromatic N) is 3. The van der Waals surface area contributed by atoms with Crippen LogP contribution < -0.4 is 0 Å². The summed E-state index contributed by atoms with van der Waals surface area (Å²) in [5.41, 5.74) is 2.25. The average Bonchev–Trinajstić information content (AvgIpc) is 2.58. The van der Waals surface area contributed by atoms with E-state index in [2.05, 4.69) is 35.9 Å². The Bertz CT molecular complexity index is 554. The SMILES string of the molecule is COCCN(C(=O)C(c1ccccc1C)N(C)C)C1CCN(C)CC1. The van der Waals surface area contributed by atoms with Crippen molar-refractivity contribution in [2.75, 3.05) is 54.5 Å². The Labute approximate surface area is 152 Å². The molecule has 1 heterocycles. The fourth-order valence-corrected chi connectivity index (χ4v) is 3.65. The molecule has 1 aromatic carbocycles. The Kier molecular flexibility index (Phi) is 7.41. The van der Waals surface area contributed by atoms with Crippen molar-refractivity contribution in [1.29, 1.82) is 0 Å². The molecule has 5 nitrogen and oxygen atoms in total. The predicted octanol–water partition coefficient (Wildman–Crippen LogP) is 2.17. The van der Waals surface area contributed by atoms with Crippen molar-refractivity contribution in [2.24, 2.45) is 0 Å². The van der Waals surface area contributed by atoms with Gasteiger partial charge in [-0.05, 0) is 65.1 Å². The van der Waals surface area contributed by atoms with Gasteiger partial charge in [-0.15, -0.1) is 0 Å². The molecular formula is C20H33N3O2. The number of methoxy groups -OCH3 is 1. The van der Waals surface area contributed by atoms with E-state index < -0.39 is 0 Å². The second-order valence-corrected chi connectivity index (χ2v) is 7.28. The molecule has 1 unspecified atom stereocenters.